The van der Waals surface area contributed by atoms with E-state index < -0.39 is 30.7 Å². The van der Waals surface area contributed by atoms with Crippen molar-refractivity contribution in [2.24, 2.45) is 0 Å². The molecule has 0 amide bonds. The van der Waals surface area contributed by atoms with Crippen molar-refractivity contribution in [3.8, 4) is 0 Å². The van der Waals surface area contributed by atoms with Crippen LogP contribution in [0.15, 0.2) is 72.8 Å². The molecule has 5 nitrogen and oxygen atoms in total. The van der Waals surface area contributed by atoms with E-state index in [9.17, 15) is 5.11 Å². The van der Waals surface area contributed by atoms with Gasteiger partial charge in [-0.15, -0.1) is 0 Å². The van der Waals surface area contributed by atoms with Crippen LogP contribution in [0.4, 0.5) is 0 Å². The Labute approximate surface area is 220 Å². The summed E-state index contributed by atoms with van der Waals surface area (Å²) in [6.07, 6.45) is -3.46. The number of hydrogen-bond acceptors (Lipinski definition) is 5. The molecule has 3 aromatic rings. The number of benzene rings is 3. The standard InChI is InChI=1S/C27H27Cl3O5/c1-17-24(32-14-18-2-8-21(28)9-3-18)25(33-15-19-4-10-22(29)11-5-19)26(27(31)35-17)34-16-20-6-12-23(30)13-7-20/h2-13,17,24-27,31H,14-16H2,1H3/t17-,24+,25+,26-,27?/m0/s1. The highest BCUT2D eigenvalue weighted by Crippen LogP contribution is 2.29. The van der Waals surface area contributed by atoms with E-state index in [4.69, 9.17) is 53.8 Å². The minimum Gasteiger partial charge on any atom is -0.368 e. The van der Waals surface area contributed by atoms with Gasteiger partial charge in [-0.3, -0.25) is 0 Å². The van der Waals surface area contributed by atoms with E-state index in [0.29, 0.717) is 28.3 Å². The third kappa shape index (κ3) is 7.42. The second kappa shape index (κ2) is 12.5. The van der Waals surface area contributed by atoms with Crippen LogP contribution in [-0.4, -0.2) is 35.8 Å². The smallest absolute Gasteiger partial charge is 0.184 e. The molecule has 1 heterocycles. The zero-order valence-electron chi connectivity index (χ0n) is 19.2. The van der Waals surface area contributed by atoms with Crippen molar-refractivity contribution < 1.29 is 24.1 Å². The van der Waals surface area contributed by atoms with E-state index in [-0.39, 0.29) is 6.61 Å². The summed E-state index contributed by atoms with van der Waals surface area (Å²) >= 11 is 18.0. The fourth-order valence-corrected chi connectivity index (χ4v) is 4.29. The molecule has 5 atom stereocenters. The second-order valence-corrected chi connectivity index (χ2v) is 9.75. The molecule has 0 spiro atoms. The number of aliphatic hydroxyl groups excluding tert-OH is 1. The van der Waals surface area contributed by atoms with Crippen LogP contribution in [-0.2, 0) is 38.8 Å². The van der Waals surface area contributed by atoms with E-state index in [1.165, 1.54) is 0 Å². The normalized spacial score (nSPS) is 24.4. The topological polar surface area (TPSA) is 57.2 Å². The molecule has 8 heteroatoms. The molecule has 186 valence electrons. The Morgan fingerprint density at radius 2 is 0.943 bits per heavy atom. The first-order chi connectivity index (χ1) is 16.9. The van der Waals surface area contributed by atoms with Gasteiger partial charge in [-0.25, -0.2) is 0 Å². The zero-order chi connectivity index (χ0) is 24.8. The molecule has 0 aliphatic carbocycles. The van der Waals surface area contributed by atoms with Crippen molar-refractivity contribution in [3.63, 3.8) is 0 Å². The van der Waals surface area contributed by atoms with Crippen molar-refractivity contribution >= 4 is 34.8 Å². The van der Waals surface area contributed by atoms with Gasteiger partial charge in [0, 0.05) is 15.1 Å². The predicted octanol–water partition coefficient (Wildman–Crippen LogP) is 6.44. The van der Waals surface area contributed by atoms with Crippen LogP contribution in [0.3, 0.4) is 0 Å². The van der Waals surface area contributed by atoms with E-state index in [0.717, 1.165) is 16.7 Å². The lowest BCUT2D eigenvalue weighted by Gasteiger charge is -2.43. The first-order valence-corrected chi connectivity index (χ1v) is 12.4. The van der Waals surface area contributed by atoms with Crippen LogP contribution in [0.2, 0.25) is 15.1 Å². The quantitative estimate of drug-likeness (QED) is 0.340. The van der Waals surface area contributed by atoms with Gasteiger partial charge < -0.3 is 24.1 Å². The molecule has 1 unspecified atom stereocenters. The SMILES string of the molecule is C[C@@H]1OC(O)[C@@H](OCc2ccc(Cl)cc2)[C@H](OCc2ccc(Cl)cc2)[C@@H]1OCc1ccc(Cl)cc1. The van der Waals surface area contributed by atoms with Gasteiger partial charge in [0.2, 0.25) is 0 Å². The summed E-state index contributed by atoms with van der Waals surface area (Å²) in [7, 11) is 0. The summed E-state index contributed by atoms with van der Waals surface area (Å²) in [5, 5.41) is 12.7. The van der Waals surface area contributed by atoms with Crippen LogP contribution in [0.25, 0.3) is 0 Å². The van der Waals surface area contributed by atoms with Gasteiger partial charge in [0.15, 0.2) is 6.29 Å². The highest BCUT2D eigenvalue weighted by Gasteiger charge is 2.46. The number of rotatable bonds is 9. The summed E-state index contributed by atoms with van der Waals surface area (Å²) in [5.74, 6) is 0. The summed E-state index contributed by atoms with van der Waals surface area (Å²) < 4.78 is 24.5. The summed E-state index contributed by atoms with van der Waals surface area (Å²) in [4.78, 5) is 0. The molecular weight excluding hydrogens is 511 g/mol. The Kier molecular flexibility index (Phi) is 9.45. The van der Waals surface area contributed by atoms with Gasteiger partial charge >= 0.3 is 0 Å². The largest absolute Gasteiger partial charge is 0.368 e. The Morgan fingerprint density at radius 1 is 0.600 bits per heavy atom. The van der Waals surface area contributed by atoms with E-state index in [1.807, 2.05) is 67.6 Å². The number of hydrogen-bond donors (Lipinski definition) is 1. The van der Waals surface area contributed by atoms with Crippen molar-refractivity contribution in [2.45, 2.75) is 57.5 Å². The minimum absolute atomic E-state index is 0.251. The molecule has 0 radical (unpaired) electrons. The average Bonchev–Trinajstić information content (AvgIpc) is 2.84. The van der Waals surface area contributed by atoms with Gasteiger partial charge in [0.25, 0.3) is 0 Å². The third-order valence-corrected chi connectivity index (χ3v) is 6.57. The van der Waals surface area contributed by atoms with Crippen LogP contribution < -0.4 is 0 Å². The van der Waals surface area contributed by atoms with Crippen molar-refractivity contribution in [3.05, 3.63) is 105 Å². The highest BCUT2D eigenvalue weighted by molar-refractivity contribution is 6.31. The Bertz CT molecular complexity index is 998. The molecule has 0 saturated carbocycles. The predicted molar refractivity (Wildman–Crippen MR) is 137 cm³/mol. The fraction of sp³-hybridized carbons (Fsp3) is 0.333. The first-order valence-electron chi connectivity index (χ1n) is 11.3. The van der Waals surface area contributed by atoms with Gasteiger partial charge in [0.05, 0.1) is 25.9 Å². The van der Waals surface area contributed by atoms with E-state index in [1.54, 1.807) is 12.1 Å². The van der Waals surface area contributed by atoms with Gasteiger partial charge in [-0.1, -0.05) is 71.2 Å². The van der Waals surface area contributed by atoms with Gasteiger partial charge in [0.1, 0.15) is 18.3 Å². The number of halogens is 3. The van der Waals surface area contributed by atoms with Crippen molar-refractivity contribution in [1.82, 2.24) is 0 Å². The molecule has 1 aliphatic heterocycles. The summed E-state index contributed by atoms with van der Waals surface area (Å²) in [6, 6.07) is 22.2. The number of ether oxygens (including phenoxy) is 4. The average molecular weight is 538 g/mol. The zero-order valence-corrected chi connectivity index (χ0v) is 21.4. The molecule has 35 heavy (non-hydrogen) atoms. The van der Waals surface area contributed by atoms with Gasteiger partial charge in [-0.05, 0) is 60.0 Å². The van der Waals surface area contributed by atoms with Crippen molar-refractivity contribution in [2.75, 3.05) is 0 Å². The van der Waals surface area contributed by atoms with Crippen LogP contribution in [0.1, 0.15) is 23.6 Å². The Balaban J connectivity index is 1.51. The molecule has 0 bridgehead atoms. The maximum Gasteiger partial charge on any atom is 0.184 e. The first kappa shape index (κ1) is 26.4. The van der Waals surface area contributed by atoms with Crippen molar-refractivity contribution in [1.29, 1.82) is 0 Å². The Morgan fingerprint density at radius 3 is 1.34 bits per heavy atom. The molecule has 1 saturated heterocycles. The molecule has 1 N–H and O–H groups in total. The molecule has 0 aromatic heterocycles. The maximum atomic E-state index is 10.8. The van der Waals surface area contributed by atoms with Crippen LogP contribution in [0, 0.1) is 0 Å². The van der Waals surface area contributed by atoms with E-state index >= 15 is 0 Å². The summed E-state index contributed by atoms with van der Waals surface area (Å²) in [6.45, 7) is 2.73. The monoisotopic (exact) mass is 536 g/mol. The third-order valence-electron chi connectivity index (χ3n) is 5.81. The highest BCUT2D eigenvalue weighted by atomic mass is 35.5. The van der Waals surface area contributed by atoms with E-state index in [2.05, 4.69) is 0 Å². The number of aliphatic hydroxyl groups is 1. The van der Waals surface area contributed by atoms with Crippen LogP contribution >= 0.6 is 34.8 Å². The molecule has 3 aromatic carbocycles. The summed E-state index contributed by atoms with van der Waals surface area (Å²) in [5.41, 5.74) is 2.81. The molecule has 4 rings (SSSR count). The lowest BCUT2D eigenvalue weighted by atomic mass is 9.98. The Hall–Kier alpha value is -1.67. The van der Waals surface area contributed by atoms with Crippen LogP contribution in [0.5, 0.6) is 0 Å². The fourth-order valence-electron chi connectivity index (χ4n) is 3.91. The second-order valence-electron chi connectivity index (χ2n) is 8.44. The lowest BCUT2D eigenvalue weighted by Crippen LogP contribution is -2.59. The maximum absolute atomic E-state index is 10.8. The molecular formula is C27H27Cl3O5. The molecule has 1 fully saturated rings. The van der Waals surface area contributed by atoms with Gasteiger partial charge in [-0.2, -0.15) is 0 Å². The minimum atomic E-state index is -1.18. The molecule has 1 aliphatic rings. The lowest BCUT2D eigenvalue weighted by molar-refractivity contribution is -0.308.